The fraction of sp³-hybridized carbons (Fsp3) is 0.611. The Balaban J connectivity index is 1.99. The van der Waals surface area contributed by atoms with Crippen molar-refractivity contribution in [3.63, 3.8) is 0 Å². The van der Waals surface area contributed by atoms with Crippen molar-refractivity contribution in [2.75, 3.05) is 0 Å². The molecular formula is C18H26FNO2. The molecule has 0 saturated heterocycles. The van der Waals surface area contributed by atoms with E-state index in [0.29, 0.717) is 17.6 Å². The van der Waals surface area contributed by atoms with Gasteiger partial charge in [-0.15, -0.1) is 0 Å². The smallest absolute Gasteiger partial charge is 0.263 e. The van der Waals surface area contributed by atoms with Crippen molar-refractivity contribution in [1.29, 1.82) is 0 Å². The van der Waals surface area contributed by atoms with Crippen LogP contribution >= 0.6 is 0 Å². The molecule has 3 nitrogen and oxygen atoms in total. The summed E-state index contributed by atoms with van der Waals surface area (Å²) < 4.78 is 18.7. The van der Waals surface area contributed by atoms with Crippen LogP contribution in [-0.4, -0.2) is 17.6 Å². The third-order valence-corrected chi connectivity index (χ3v) is 4.76. The molecule has 1 aliphatic rings. The maximum atomic E-state index is 12.9. The standard InChI is InChI=1S/C18H26FNO2/c1-12-6-5-7-16(13(12)2)20-17(21)18(3,4)22-15-10-8-14(19)9-11-15/h8-13,16H,5-7H2,1-4H3,(H,20,21)/t12-,13-,16+/m1/s1. The monoisotopic (exact) mass is 307 g/mol. The molecule has 2 rings (SSSR count). The zero-order valence-electron chi connectivity index (χ0n) is 13.9. The summed E-state index contributed by atoms with van der Waals surface area (Å²) in [4.78, 5) is 12.5. The van der Waals surface area contributed by atoms with Crippen molar-refractivity contribution in [3.8, 4) is 5.75 Å². The Morgan fingerprint density at radius 2 is 1.86 bits per heavy atom. The Labute approximate surface area is 132 Å². The number of carbonyl (C=O) groups excluding carboxylic acids is 1. The van der Waals surface area contributed by atoms with Crippen LogP contribution in [-0.2, 0) is 4.79 Å². The summed E-state index contributed by atoms with van der Waals surface area (Å²) in [5.41, 5.74) is -0.988. The molecule has 0 bridgehead atoms. The largest absolute Gasteiger partial charge is 0.478 e. The van der Waals surface area contributed by atoms with Crippen molar-refractivity contribution < 1.29 is 13.9 Å². The summed E-state index contributed by atoms with van der Waals surface area (Å²) in [6.07, 6.45) is 3.39. The maximum absolute atomic E-state index is 12.9. The lowest BCUT2D eigenvalue weighted by Crippen LogP contribution is -2.53. The summed E-state index contributed by atoms with van der Waals surface area (Å²) in [6, 6.07) is 5.93. The second kappa shape index (κ2) is 6.67. The first-order valence-electron chi connectivity index (χ1n) is 8.05. The van der Waals surface area contributed by atoms with E-state index >= 15 is 0 Å². The van der Waals surface area contributed by atoms with E-state index in [9.17, 15) is 9.18 Å². The average Bonchev–Trinajstić information content (AvgIpc) is 2.46. The number of benzene rings is 1. The van der Waals surface area contributed by atoms with Gasteiger partial charge in [0.15, 0.2) is 5.60 Å². The van der Waals surface area contributed by atoms with E-state index in [1.807, 2.05) is 0 Å². The highest BCUT2D eigenvalue weighted by Gasteiger charge is 2.35. The van der Waals surface area contributed by atoms with Crippen LogP contribution in [0.15, 0.2) is 24.3 Å². The topological polar surface area (TPSA) is 38.3 Å². The third kappa shape index (κ3) is 3.99. The van der Waals surface area contributed by atoms with Crippen molar-refractivity contribution in [1.82, 2.24) is 5.32 Å². The van der Waals surface area contributed by atoms with Crippen LogP contribution in [0, 0.1) is 17.7 Å². The first-order chi connectivity index (χ1) is 10.3. The Morgan fingerprint density at radius 3 is 2.50 bits per heavy atom. The molecule has 0 unspecified atom stereocenters. The van der Waals surface area contributed by atoms with Gasteiger partial charge >= 0.3 is 0 Å². The summed E-state index contributed by atoms with van der Waals surface area (Å²) in [5.74, 6) is 1.15. The molecule has 22 heavy (non-hydrogen) atoms. The van der Waals surface area contributed by atoms with Crippen LogP contribution in [0.5, 0.6) is 5.75 Å². The van der Waals surface area contributed by atoms with Gasteiger partial charge in [0.25, 0.3) is 5.91 Å². The second-order valence-electron chi connectivity index (χ2n) is 6.91. The fourth-order valence-electron chi connectivity index (χ4n) is 2.97. The Bertz CT molecular complexity index is 512. The summed E-state index contributed by atoms with van der Waals surface area (Å²) >= 11 is 0. The number of nitrogens with one attached hydrogen (secondary N) is 1. The van der Waals surface area contributed by atoms with E-state index in [0.717, 1.165) is 12.8 Å². The quantitative estimate of drug-likeness (QED) is 0.915. The number of hydrogen-bond acceptors (Lipinski definition) is 2. The van der Waals surface area contributed by atoms with Gasteiger partial charge in [-0.25, -0.2) is 4.39 Å². The van der Waals surface area contributed by atoms with Gasteiger partial charge < -0.3 is 10.1 Å². The van der Waals surface area contributed by atoms with Crippen molar-refractivity contribution in [3.05, 3.63) is 30.1 Å². The highest BCUT2D eigenvalue weighted by Crippen LogP contribution is 2.30. The number of hydrogen-bond donors (Lipinski definition) is 1. The molecule has 1 saturated carbocycles. The molecule has 1 aliphatic carbocycles. The average molecular weight is 307 g/mol. The van der Waals surface area contributed by atoms with Gasteiger partial charge in [0.05, 0.1) is 0 Å². The van der Waals surface area contributed by atoms with Gasteiger partial charge in [0, 0.05) is 6.04 Å². The molecule has 1 fully saturated rings. The minimum Gasteiger partial charge on any atom is -0.478 e. The molecule has 0 heterocycles. The lowest BCUT2D eigenvalue weighted by atomic mass is 9.78. The van der Waals surface area contributed by atoms with E-state index in [2.05, 4.69) is 19.2 Å². The van der Waals surface area contributed by atoms with Gasteiger partial charge in [0.2, 0.25) is 0 Å². The van der Waals surface area contributed by atoms with Gasteiger partial charge in [-0.1, -0.05) is 26.7 Å². The predicted molar refractivity (Wildman–Crippen MR) is 85.2 cm³/mol. The number of rotatable bonds is 4. The number of carbonyl (C=O) groups is 1. The summed E-state index contributed by atoms with van der Waals surface area (Å²) in [5, 5.41) is 3.13. The zero-order chi connectivity index (χ0) is 16.3. The molecule has 0 aliphatic heterocycles. The number of amides is 1. The van der Waals surface area contributed by atoms with E-state index in [1.165, 1.54) is 30.7 Å². The Hall–Kier alpha value is -1.58. The highest BCUT2D eigenvalue weighted by atomic mass is 19.1. The van der Waals surface area contributed by atoms with E-state index in [1.54, 1.807) is 13.8 Å². The SMILES string of the molecule is C[C@@H]1[C@H](C)CCC[C@@H]1NC(=O)C(C)(C)Oc1ccc(F)cc1. The van der Waals surface area contributed by atoms with Gasteiger partial charge in [-0.2, -0.15) is 0 Å². The van der Waals surface area contributed by atoms with Crippen molar-refractivity contribution >= 4 is 5.91 Å². The van der Waals surface area contributed by atoms with E-state index in [-0.39, 0.29) is 17.8 Å². The molecule has 122 valence electrons. The first-order valence-corrected chi connectivity index (χ1v) is 8.05. The first kappa shape index (κ1) is 16.8. The molecule has 0 aromatic heterocycles. The lowest BCUT2D eigenvalue weighted by molar-refractivity contribution is -0.135. The highest BCUT2D eigenvalue weighted by molar-refractivity contribution is 5.85. The molecule has 0 spiro atoms. The van der Waals surface area contributed by atoms with Crippen LogP contribution in [0.3, 0.4) is 0 Å². The van der Waals surface area contributed by atoms with Crippen LogP contribution in [0.25, 0.3) is 0 Å². The summed E-state index contributed by atoms with van der Waals surface area (Å²) in [7, 11) is 0. The normalized spacial score (nSPS) is 25.6. The predicted octanol–water partition coefficient (Wildman–Crippen LogP) is 3.92. The van der Waals surface area contributed by atoms with E-state index in [4.69, 9.17) is 4.74 Å². The number of halogens is 1. The Morgan fingerprint density at radius 1 is 1.23 bits per heavy atom. The molecule has 1 amide bonds. The Kier molecular flexibility index (Phi) is 5.09. The maximum Gasteiger partial charge on any atom is 0.263 e. The molecule has 1 N–H and O–H groups in total. The van der Waals surface area contributed by atoms with Crippen LogP contribution in [0.2, 0.25) is 0 Å². The second-order valence-corrected chi connectivity index (χ2v) is 6.91. The zero-order valence-corrected chi connectivity index (χ0v) is 13.9. The minimum absolute atomic E-state index is 0.122. The van der Waals surface area contributed by atoms with Gasteiger partial charge in [-0.05, 0) is 56.4 Å². The molecular weight excluding hydrogens is 281 g/mol. The van der Waals surface area contributed by atoms with Crippen LogP contribution in [0.4, 0.5) is 4.39 Å². The van der Waals surface area contributed by atoms with Crippen molar-refractivity contribution in [2.24, 2.45) is 11.8 Å². The molecule has 3 atom stereocenters. The lowest BCUT2D eigenvalue weighted by Gasteiger charge is -2.36. The van der Waals surface area contributed by atoms with Gasteiger partial charge in [-0.3, -0.25) is 4.79 Å². The minimum atomic E-state index is -0.988. The summed E-state index contributed by atoms with van der Waals surface area (Å²) in [6.45, 7) is 7.91. The van der Waals surface area contributed by atoms with Crippen LogP contribution < -0.4 is 10.1 Å². The molecule has 1 aromatic rings. The molecule has 1 aromatic carbocycles. The molecule has 0 radical (unpaired) electrons. The number of ether oxygens (including phenoxy) is 1. The molecule has 4 heteroatoms. The fourth-order valence-corrected chi connectivity index (χ4v) is 2.97. The van der Waals surface area contributed by atoms with E-state index < -0.39 is 5.60 Å². The van der Waals surface area contributed by atoms with Crippen LogP contribution in [0.1, 0.15) is 47.0 Å². The van der Waals surface area contributed by atoms with Gasteiger partial charge in [0.1, 0.15) is 11.6 Å². The van der Waals surface area contributed by atoms with Crippen molar-refractivity contribution in [2.45, 2.75) is 58.6 Å². The third-order valence-electron chi connectivity index (χ3n) is 4.76.